The molecule has 0 bridgehead atoms. The van der Waals surface area contributed by atoms with Crippen LogP contribution in [0.15, 0.2) is 63.8 Å². The number of nitrogens with zero attached hydrogens (tertiary/aromatic N) is 1. The number of rotatable bonds is 3. The Hall–Kier alpha value is -3.08. The van der Waals surface area contributed by atoms with Crippen molar-refractivity contribution in [1.82, 2.24) is 0 Å². The Morgan fingerprint density at radius 1 is 1.20 bits per heavy atom. The Morgan fingerprint density at radius 3 is 2.88 bits per heavy atom. The van der Waals surface area contributed by atoms with Crippen LogP contribution in [0.3, 0.4) is 0 Å². The first-order valence-electron chi connectivity index (χ1n) is 8.18. The zero-order valence-electron chi connectivity index (χ0n) is 13.8. The lowest BCUT2D eigenvalue weighted by Crippen LogP contribution is -2.39. The van der Waals surface area contributed by atoms with Crippen molar-refractivity contribution in [2.75, 3.05) is 11.5 Å². The van der Waals surface area contributed by atoms with Gasteiger partial charge in [-0.05, 0) is 43.2 Å². The average Bonchev–Trinajstić information content (AvgIpc) is 2.95. The highest BCUT2D eigenvalue weighted by molar-refractivity contribution is 5.97. The Morgan fingerprint density at radius 2 is 2.00 bits per heavy atom. The molecule has 1 aliphatic rings. The molecule has 0 fully saturated rings. The van der Waals surface area contributed by atoms with Gasteiger partial charge in [-0.15, -0.1) is 0 Å². The second kappa shape index (κ2) is 6.09. The third kappa shape index (κ3) is 2.89. The Labute approximate surface area is 144 Å². The van der Waals surface area contributed by atoms with Crippen LogP contribution in [-0.2, 0) is 11.2 Å². The summed E-state index contributed by atoms with van der Waals surface area (Å²) in [5, 5.41) is 0.806. The van der Waals surface area contributed by atoms with Crippen molar-refractivity contribution in [1.29, 1.82) is 0 Å². The molecule has 4 rings (SSSR count). The predicted molar refractivity (Wildman–Crippen MR) is 95.1 cm³/mol. The molecule has 1 atom stereocenters. The van der Waals surface area contributed by atoms with Gasteiger partial charge in [0.2, 0.25) is 0 Å². The predicted octanol–water partition coefficient (Wildman–Crippen LogP) is 3.15. The lowest BCUT2D eigenvalue weighted by molar-refractivity contribution is -0.120. The molecule has 1 aliphatic heterocycles. The van der Waals surface area contributed by atoms with Crippen LogP contribution in [0.4, 0.5) is 5.69 Å². The highest BCUT2D eigenvalue weighted by atomic mass is 16.5. The number of benzene rings is 2. The number of anilines is 1. The van der Waals surface area contributed by atoms with Gasteiger partial charge in [0, 0.05) is 29.2 Å². The molecule has 0 saturated heterocycles. The zero-order chi connectivity index (χ0) is 17.4. The van der Waals surface area contributed by atoms with Gasteiger partial charge in [-0.3, -0.25) is 4.79 Å². The van der Waals surface area contributed by atoms with E-state index in [2.05, 4.69) is 0 Å². The smallest absolute Gasteiger partial charge is 0.336 e. The number of ether oxygens (including phenoxy) is 1. The van der Waals surface area contributed by atoms with Crippen molar-refractivity contribution in [2.24, 2.45) is 0 Å². The van der Waals surface area contributed by atoms with E-state index in [0.29, 0.717) is 11.3 Å². The lowest BCUT2D eigenvalue weighted by Gasteiger charge is -2.22. The van der Waals surface area contributed by atoms with Crippen LogP contribution >= 0.6 is 0 Å². The van der Waals surface area contributed by atoms with Crippen LogP contribution in [-0.4, -0.2) is 18.6 Å². The van der Waals surface area contributed by atoms with Crippen molar-refractivity contribution in [3.63, 3.8) is 0 Å². The Balaban J connectivity index is 1.51. The molecule has 1 unspecified atom stereocenters. The van der Waals surface area contributed by atoms with Crippen molar-refractivity contribution < 1.29 is 13.9 Å². The first-order chi connectivity index (χ1) is 12.1. The van der Waals surface area contributed by atoms with Gasteiger partial charge in [0.05, 0.1) is 0 Å². The van der Waals surface area contributed by atoms with E-state index >= 15 is 0 Å². The minimum Gasteiger partial charge on any atom is -0.484 e. The van der Waals surface area contributed by atoms with Crippen LogP contribution < -0.4 is 15.3 Å². The molecule has 25 heavy (non-hydrogen) atoms. The maximum Gasteiger partial charge on any atom is 0.336 e. The molecule has 0 aliphatic carbocycles. The summed E-state index contributed by atoms with van der Waals surface area (Å²) < 4.78 is 10.8. The summed E-state index contributed by atoms with van der Waals surface area (Å²) in [5.74, 6) is 0.405. The second-order valence-corrected chi connectivity index (χ2v) is 6.19. The first kappa shape index (κ1) is 15.4. The summed E-state index contributed by atoms with van der Waals surface area (Å²) in [6.07, 6.45) is 0.850. The largest absolute Gasteiger partial charge is 0.484 e. The van der Waals surface area contributed by atoms with Crippen LogP contribution in [0.25, 0.3) is 11.0 Å². The van der Waals surface area contributed by atoms with Crippen LogP contribution in [0.1, 0.15) is 12.5 Å². The van der Waals surface area contributed by atoms with E-state index in [1.807, 2.05) is 31.2 Å². The highest BCUT2D eigenvalue weighted by Crippen LogP contribution is 2.32. The van der Waals surface area contributed by atoms with Crippen molar-refractivity contribution in [3.05, 3.63) is 70.6 Å². The van der Waals surface area contributed by atoms with Gasteiger partial charge in [-0.2, -0.15) is 0 Å². The third-order valence-corrected chi connectivity index (χ3v) is 4.43. The average molecular weight is 335 g/mol. The summed E-state index contributed by atoms with van der Waals surface area (Å²) in [5.41, 5.74) is 2.16. The van der Waals surface area contributed by atoms with Crippen LogP contribution in [0, 0.1) is 0 Å². The van der Waals surface area contributed by atoms with Gasteiger partial charge >= 0.3 is 5.63 Å². The zero-order valence-corrected chi connectivity index (χ0v) is 13.8. The summed E-state index contributed by atoms with van der Waals surface area (Å²) in [4.78, 5) is 25.7. The number of hydrogen-bond acceptors (Lipinski definition) is 4. The van der Waals surface area contributed by atoms with Gasteiger partial charge in [0.15, 0.2) is 6.61 Å². The molecular formula is C20H17NO4. The Kier molecular flexibility index (Phi) is 3.76. The summed E-state index contributed by atoms with van der Waals surface area (Å²) >= 11 is 0. The number of hydrogen-bond donors (Lipinski definition) is 0. The molecule has 3 aromatic rings. The van der Waals surface area contributed by atoms with Gasteiger partial charge in [0.1, 0.15) is 11.3 Å². The lowest BCUT2D eigenvalue weighted by atomic mass is 10.1. The fourth-order valence-electron chi connectivity index (χ4n) is 3.29. The maximum atomic E-state index is 12.6. The normalized spacial score (nSPS) is 16.0. The molecule has 1 amide bonds. The van der Waals surface area contributed by atoms with Gasteiger partial charge < -0.3 is 14.1 Å². The number of carbonyl (C=O) groups is 1. The van der Waals surface area contributed by atoms with E-state index in [1.165, 1.54) is 11.6 Å². The molecule has 0 spiro atoms. The van der Waals surface area contributed by atoms with E-state index < -0.39 is 5.63 Å². The van der Waals surface area contributed by atoms with E-state index in [9.17, 15) is 9.59 Å². The summed E-state index contributed by atoms with van der Waals surface area (Å²) in [6, 6.07) is 16.3. The van der Waals surface area contributed by atoms with Crippen LogP contribution in [0.2, 0.25) is 0 Å². The standard InChI is InChI=1S/C20H17NO4/c1-13-10-15-4-2-3-5-17(15)21(13)19(22)12-24-16-8-6-14-7-9-20(23)25-18(14)11-16/h2-9,11,13H,10,12H2,1H3. The number of para-hydroxylation sites is 1. The van der Waals surface area contributed by atoms with Gasteiger partial charge in [0.25, 0.3) is 5.91 Å². The first-order valence-corrected chi connectivity index (χ1v) is 8.18. The van der Waals surface area contributed by atoms with E-state index in [1.54, 1.807) is 29.2 Å². The molecule has 0 radical (unpaired) electrons. The van der Waals surface area contributed by atoms with E-state index in [4.69, 9.17) is 9.15 Å². The second-order valence-electron chi connectivity index (χ2n) is 6.19. The number of amides is 1. The van der Waals surface area contributed by atoms with Gasteiger partial charge in [-0.25, -0.2) is 4.79 Å². The fraction of sp³-hybridized carbons (Fsp3) is 0.200. The molecule has 0 saturated carbocycles. The molecule has 126 valence electrons. The highest BCUT2D eigenvalue weighted by Gasteiger charge is 2.30. The number of fused-ring (bicyclic) bond motifs is 2. The topological polar surface area (TPSA) is 59.8 Å². The number of carbonyl (C=O) groups excluding carboxylic acids is 1. The summed E-state index contributed by atoms with van der Waals surface area (Å²) in [7, 11) is 0. The molecule has 5 heteroatoms. The minimum absolute atomic E-state index is 0.0682. The molecule has 2 heterocycles. The summed E-state index contributed by atoms with van der Waals surface area (Å²) in [6.45, 7) is 1.96. The molecule has 5 nitrogen and oxygen atoms in total. The maximum absolute atomic E-state index is 12.6. The van der Waals surface area contributed by atoms with Crippen molar-refractivity contribution in [3.8, 4) is 5.75 Å². The van der Waals surface area contributed by atoms with E-state index in [0.717, 1.165) is 17.5 Å². The van der Waals surface area contributed by atoms with E-state index in [-0.39, 0.29) is 18.6 Å². The van der Waals surface area contributed by atoms with Crippen molar-refractivity contribution in [2.45, 2.75) is 19.4 Å². The molecular weight excluding hydrogens is 318 g/mol. The van der Waals surface area contributed by atoms with Crippen molar-refractivity contribution >= 4 is 22.6 Å². The third-order valence-electron chi connectivity index (χ3n) is 4.43. The minimum atomic E-state index is -0.414. The molecule has 0 N–H and O–H groups in total. The molecule has 2 aromatic carbocycles. The molecule has 1 aromatic heterocycles. The SMILES string of the molecule is CC1Cc2ccccc2N1C(=O)COc1ccc2ccc(=O)oc2c1. The quantitative estimate of drug-likeness (QED) is 0.690. The fourth-order valence-corrected chi connectivity index (χ4v) is 3.29. The van der Waals surface area contributed by atoms with Gasteiger partial charge in [-0.1, -0.05) is 18.2 Å². The Bertz CT molecular complexity index is 1010. The monoisotopic (exact) mass is 335 g/mol. The van der Waals surface area contributed by atoms with Crippen LogP contribution in [0.5, 0.6) is 5.75 Å².